The molecule has 7 heteroatoms. The molecule has 3 N–H and O–H groups in total. The number of hydrogen-bond donors (Lipinski definition) is 3. The van der Waals surface area contributed by atoms with Gasteiger partial charge in [-0.3, -0.25) is 0 Å². The van der Waals surface area contributed by atoms with E-state index in [0.717, 1.165) is 39.9 Å². The van der Waals surface area contributed by atoms with Crippen LogP contribution in [0.3, 0.4) is 0 Å². The number of hydrogen-bond acceptors (Lipinski definition) is 5. The van der Waals surface area contributed by atoms with Crippen LogP contribution in [0, 0.1) is 25.2 Å². The number of pyridine rings is 1. The van der Waals surface area contributed by atoms with Gasteiger partial charge in [0.1, 0.15) is 17.6 Å². The minimum absolute atomic E-state index is 0.534. The first-order chi connectivity index (χ1) is 14.5. The van der Waals surface area contributed by atoms with E-state index in [1.165, 1.54) is 0 Å². The second kappa shape index (κ2) is 9.90. The van der Waals surface area contributed by atoms with E-state index in [2.05, 4.69) is 33.1 Å². The lowest BCUT2D eigenvalue weighted by Crippen LogP contribution is -2.30. The first-order valence-electron chi connectivity index (χ1n) is 9.75. The first-order valence-corrected chi connectivity index (χ1v) is 10.2. The molecule has 0 bridgehead atoms. The van der Waals surface area contributed by atoms with Crippen molar-refractivity contribution in [2.75, 3.05) is 30.8 Å². The van der Waals surface area contributed by atoms with E-state index in [4.69, 9.17) is 17.0 Å². The molecule has 0 aliphatic rings. The van der Waals surface area contributed by atoms with Gasteiger partial charge in [0.25, 0.3) is 0 Å². The molecule has 3 aromatic rings. The molecule has 0 saturated heterocycles. The molecule has 1 heterocycles. The van der Waals surface area contributed by atoms with Gasteiger partial charge in [0.2, 0.25) is 0 Å². The van der Waals surface area contributed by atoms with Crippen LogP contribution >= 0.6 is 12.2 Å². The Balaban J connectivity index is 1.53. The Bertz CT molecular complexity index is 1110. The van der Waals surface area contributed by atoms with Crippen LogP contribution in [-0.4, -0.2) is 30.3 Å². The van der Waals surface area contributed by atoms with Crippen LogP contribution < -0.4 is 20.7 Å². The van der Waals surface area contributed by atoms with Crippen LogP contribution in [0.5, 0.6) is 5.75 Å². The summed E-state index contributed by atoms with van der Waals surface area (Å²) in [7, 11) is 1.63. The van der Waals surface area contributed by atoms with Gasteiger partial charge in [-0.2, -0.15) is 5.26 Å². The van der Waals surface area contributed by atoms with Crippen molar-refractivity contribution >= 4 is 39.7 Å². The third kappa shape index (κ3) is 5.16. The molecule has 0 aliphatic carbocycles. The smallest absolute Gasteiger partial charge is 0.170 e. The number of benzene rings is 2. The summed E-state index contributed by atoms with van der Waals surface area (Å²) < 4.78 is 5.31. The van der Waals surface area contributed by atoms with Crippen LogP contribution in [0.15, 0.2) is 42.5 Å². The fourth-order valence-electron chi connectivity index (χ4n) is 3.26. The molecule has 0 fully saturated rings. The van der Waals surface area contributed by atoms with E-state index in [1.54, 1.807) is 7.11 Å². The summed E-state index contributed by atoms with van der Waals surface area (Å²) in [4.78, 5) is 4.67. The summed E-state index contributed by atoms with van der Waals surface area (Å²) in [5.74, 6) is 1.35. The number of nitrogens with one attached hydrogen (secondary N) is 3. The fourth-order valence-corrected chi connectivity index (χ4v) is 3.47. The number of anilines is 2. The first kappa shape index (κ1) is 21.3. The summed E-state index contributed by atoms with van der Waals surface area (Å²) in [6.07, 6.45) is 0.811. The summed E-state index contributed by atoms with van der Waals surface area (Å²) in [6, 6.07) is 15.9. The highest BCUT2D eigenvalue weighted by molar-refractivity contribution is 7.80. The van der Waals surface area contributed by atoms with Crippen molar-refractivity contribution in [3.8, 4) is 11.8 Å². The van der Waals surface area contributed by atoms with E-state index in [-0.39, 0.29) is 0 Å². The Morgan fingerprint density at radius 3 is 2.73 bits per heavy atom. The van der Waals surface area contributed by atoms with Crippen molar-refractivity contribution < 1.29 is 4.74 Å². The largest absolute Gasteiger partial charge is 0.495 e. The number of nitrogens with zero attached hydrogens (tertiary/aromatic N) is 2. The number of ether oxygens (including phenoxy) is 1. The Hall–Kier alpha value is -3.37. The van der Waals surface area contributed by atoms with Gasteiger partial charge >= 0.3 is 0 Å². The van der Waals surface area contributed by atoms with E-state index < -0.39 is 0 Å². The lowest BCUT2D eigenvalue weighted by molar-refractivity contribution is 0.417. The minimum Gasteiger partial charge on any atom is -0.495 e. The maximum atomic E-state index is 9.50. The highest BCUT2D eigenvalue weighted by Gasteiger charge is 2.09. The van der Waals surface area contributed by atoms with Gasteiger partial charge in [-0.1, -0.05) is 18.2 Å². The zero-order valence-corrected chi connectivity index (χ0v) is 18.2. The Morgan fingerprint density at radius 2 is 1.97 bits per heavy atom. The predicted octanol–water partition coefficient (Wildman–Crippen LogP) is 4.52. The zero-order valence-electron chi connectivity index (χ0n) is 17.4. The molecular formula is C23H25N5OS. The fraction of sp³-hybridized carbons (Fsp3) is 0.261. The molecule has 0 atom stereocenters. The molecule has 0 spiro atoms. The summed E-state index contributed by atoms with van der Waals surface area (Å²) in [5.41, 5.74) is 4.55. The van der Waals surface area contributed by atoms with Gasteiger partial charge in [0.15, 0.2) is 5.11 Å². The Labute approximate surface area is 182 Å². The van der Waals surface area contributed by atoms with E-state index in [1.807, 2.05) is 50.2 Å². The third-order valence-corrected chi connectivity index (χ3v) is 4.94. The second-order valence-electron chi connectivity index (χ2n) is 7.01. The molecule has 1 aromatic heterocycles. The van der Waals surface area contributed by atoms with E-state index in [9.17, 15) is 5.26 Å². The van der Waals surface area contributed by atoms with Crippen LogP contribution in [0.4, 0.5) is 11.5 Å². The molecule has 0 aliphatic heterocycles. The number of para-hydroxylation sites is 2. The maximum Gasteiger partial charge on any atom is 0.170 e. The number of thiocarbonyl (C=S) groups is 1. The van der Waals surface area contributed by atoms with Crippen LogP contribution in [0.25, 0.3) is 10.9 Å². The Kier molecular flexibility index (Phi) is 7.04. The van der Waals surface area contributed by atoms with Crippen LogP contribution in [0.2, 0.25) is 0 Å². The number of nitriles is 1. The van der Waals surface area contributed by atoms with Crippen molar-refractivity contribution in [3.05, 3.63) is 59.2 Å². The molecule has 0 amide bonds. The lowest BCUT2D eigenvalue weighted by atomic mass is 10.0. The second-order valence-corrected chi connectivity index (χ2v) is 7.41. The van der Waals surface area contributed by atoms with Gasteiger partial charge in [-0.15, -0.1) is 0 Å². The van der Waals surface area contributed by atoms with Gasteiger partial charge in [-0.05, 0) is 67.9 Å². The number of rotatable bonds is 7. The normalized spacial score (nSPS) is 10.3. The van der Waals surface area contributed by atoms with Crippen molar-refractivity contribution in [1.82, 2.24) is 10.3 Å². The predicted molar refractivity (Wildman–Crippen MR) is 126 cm³/mol. The number of aryl methyl sites for hydroxylation is 2. The highest BCUT2D eigenvalue weighted by Crippen LogP contribution is 2.24. The SMILES string of the molecule is COc1ccccc1NC(=S)NCCCNc1nc2cc(C)cc(C)c2cc1C#N. The van der Waals surface area contributed by atoms with E-state index in [0.29, 0.717) is 29.6 Å². The molecule has 2 aromatic carbocycles. The van der Waals surface area contributed by atoms with Gasteiger partial charge < -0.3 is 20.7 Å². The number of aromatic nitrogens is 1. The van der Waals surface area contributed by atoms with Crippen molar-refractivity contribution in [3.63, 3.8) is 0 Å². The minimum atomic E-state index is 0.534. The van der Waals surface area contributed by atoms with Gasteiger partial charge in [0, 0.05) is 18.5 Å². The summed E-state index contributed by atoms with van der Waals surface area (Å²) >= 11 is 5.35. The molecule has 0 unspecified atom stereocenters. The van der Waals surface area contributed by atoms with Gasteiger partial charge in [0.05, 0.1) is 23.9 Å². The van der Waals surface area contributed by atoms with E-state index >= 15 is 0 Å². The Morgan fingerprint density at radius 1 is 1.17 bits per heavy atom. The average Bonchev–Trinajstić information content (AvgIpc) is 2.73. The number of methoxy groups -OCH3 is 1. The molecule has 6 nitrogen and oxygen atoms in total. The topological polar surface area (TPSA) is 82.0 Å². The molecule has 3 rings (SSSR count). The standard InChI is InChI=1S/C23H25N5OS/c1-15-11-16(2)18-13-17(14-24)22(27-20(18)12-15)25-9-6-10-26-23(30)28-19-7-4-5-8-21(19)29-3/h4-5,7-8,11-13H,6,9-10H2,1-3H3,(H,25,27)(H2,26,28,30). The molecule has 154 valence electrons. The molecular weight excluding hydrogens is 394 g/mol. The number of fused-ring (bicyclic) bond motifs is 1. The quantitative estimate of drug-likeness (QED) is 0.384. The highest BCUT2D eigenvalue weighted by atomic mass is 32.1. The maximum absolute atomic E-state index is 9.50. The van der Waals surface area contributed by atoms with Gasteiger partial charge in [-0.25, -0.2) is 4.98 Å². The molecule has 30 heavy (non-hydrogen) atoms. The van der Waals surface area contributed by atoms with Crippen molar-refractivity contribution in [1.29, 1.82) is 5.26 Å². The summed E-state index contributed by atoms with van der Waals surface area (Å²) in [6.45, 7) is 5.44. The molecule has 0 radical (unpaired) electrons. The van der Waals surface area contributed by atoms with Crippen molar-refractivity contribution in [2.45, 2.75) is 20.3 Å². The molecule has 0 saturated carbocycles. The average molecular weight is 420 g/mol. The summed E-state index contributed by atoms with van der Waals surface area (Å²) in [5, 5.41) is 20.6. The van der Waals surface area contributed by atoms with Crippen LogP contribution in [-0.2, 0) is 0 Å². The van der Waals surface area contributed by atoms with Crippen molar-refractivity contribution in [2.24, 2.45) is 0 Å². The zero-order chi connectivity index (χ0) is 21.5. The monoisotopic (exact) mass is 419 g/mol. The lowest BCUT2D eigenvalue weighted by Gasteiger charge is -2.14. The van der Waals surface area contributed by atoms with Crippen LogP contribution in [0.1, 0.15) is 23.1 Å². The third-order valence-electron chi connectivity index (χ3n) is 4.69.